The first-order valence-corrected chi connectivity index (χ1v) is 7.96. The molecule has 1 fully saturated rings. The second-order valence-corrected chi connectivity index (χ2v) is 6.65. The molecule has 1 atom stereocenters. The number of anilines is 1. The number of thiazole rings is 1. The molecular formula is C13H18F3N3OS. The summed E-state index contributed by atoms with van der Waals surface area (Å²) >= 11 is 1.57. The summed E-state index contributed by atoms with van der Waals surface area (Å²) in [6, 6.07) is 0. The first-order valence-electron chi connectivity index (χ1n) is 7.14. The highest BCUT2D eigenvalue weighted by Gasteiger charge is 2.33. The van der Waals surface area contributed by atoms with Gasteiger partial charge >= 0.3 is 6.18 Å². The van der Waals surface area contributed by atoms with Crippen LogP contribution in [0.25, 0.3) is 0 Å². The van der Waals surface area contributed by atoms with E-state index in [1.807, 2.05) is 4.90 Å². The minimum atomic E-state index is -4.13. The predicted molar refractivity (Wildman–Crippen MR) is 74.7 cm³/mol. The van der Waals surface area contributed by atoms with E-state index in [0.717, 1.165) is 35.0 Å². The zero-order valence-corrected chi connectivity index (χ0v) is 12.4. The number of nitrogens with zero attached hydrogens (tertiary/aromatic N) is 3. The van der Waals surface area contributed by atoms with Crippen molar-refractivity contribution in [1.29, 1.82) is 0 Å². The second kappa shape index (κ2) is 5.73. The number of halogens is 3. The summed E-state index contributed by atoms with van der Waals surface area (Å²) in [6.07, 6.45) is -1.96. The largest absolute Gasteiger partial charge is 0.401 e. The SMILES string of the molecule is OC1CCCc2sc(N3CCN(CC(F)(F)F)CC3)nc21. The predicted octanol–water partition coefficient (Wildman–Crippen LogP) is 2.20. The van der Waals surface area contributed by atoms with E-state index in [9.17, 15) is 18.3 Å². The lowest BCUT2D eigenvalue weighted by Crippen LogP contribution is -2.49. The van der Waals surface area contributed by atoms with E-state index in [1.165, 1.54) is 4.90 Å². The Morgan fingerprint density at radius 3 is 2.57 bits per heavy atom. The van der Waals surface area contributed by atoms with Crippen LogP contribution in [0.5, 0.6) is 0 Å². The van der Waals surface area contributed by atoms with Crippen LogP contribution in [0.3, 0.4) is 0 Å². The number of aryl methyl sites for hydroxylation is 1. The minimum Gasteiger partial charge on any atom is -0.387 e. The van der Waals surface area contributed by atoms with E-state index >= 15 is 0 Å². The third-order valence-electron chi connectivity index (χ3n) is 3.96. The van der Waals surface area contributed by atoms with Gasteiger partial charge in [-0.3, -0.25) is 4.90 Å². The smallest absolute Gasteiger partial charge is 0.387 e. The fraction of sp³-hybridized carbons (Fsp3) is 0.769. The van der Waals surface area contributed by atoms with Crippen molar-refractivity contribution in [1.82, 2.24) is 9.88 Å². The Kier molecular flexibility index (Phi) is 4.11. The second-order valence-electron chi connectivity index (χ2n) is 5.59. The Morgan fingerprint density at radius 1 is 1.24 bits per heavy atom. The Morgan fingerprint density at radius 2 is 1.95 bits per heavy atom. The lowest BCUT2D eigenvalue weighted by Gasteiger charge is -2.34. The van der Waals surface area contributed by atoms with Gasteiger partial charge in [-0.25, -0.2) is 4.98 Å². The summed E-state index contributed by atoms with van der Waals surface area (Å²) in [5.41, 5.74) is 0.777. The van der Waals surface area contributed by atoms with Crippen LogP contribution in [-0.4, -0.2) is 53.9 Å². The quantitative estimate of drug-likeness (QED) is 0.906. The number of rotatable bonds is 2. The Balaban J connectivity index is 1.62. The number of hydrogen-bond donors (Lipinski definition) is 1. The molecule has 1 aromatic rings. The molecule has 0 amide bonds. The summed E-state index contributed by atoms with van der Waals surface area (Å²) in [6.45, 7) is 1.06. The molecule has 0 saturated carbocycles. The monoisotopic (exact) mass is 321 g/mol. The zero-order chi connectivity index (χ0) is 15.0. The van der Waals surface area contributed by atoms with Crippen molar-refractivity contribution in [2.45, 2.75) is 31.5 Å². The molecule has 1 saturated heterocycles. The first-order chi connectivity index (χ1) is 9.92. The van der Waals surface area contributed by atoms with Crippen molar-refractivity contribution in [3.05, 3.63) is 10.6 Å². The van der Waals surface area contributed by atoms with Crippen LogP contribution in [0.2, 0.25) is 0 Å². The molecule has 0 spiro atoms. The van der Waals surface area contributed by atoms with Crippen LogP contribution in [0, 0.1) is 0 Å². The Labute approximate surface area is 125 Å². The van der Waals surface area contributed by atoms with Crippen molar-refractivity contribution < 1.29 is 18.3 Å². The Bertz CT molecular complexity index is 497. The highest BCUT2D eigenvalue weighted by atomic mass is 32.1. The fourth-order valence-corrected chi connectivity index (χ4v) is 4.08. The average Bonchev–Trinajstić information content (AvgIpc) is 2.83. The van der Waals surface area contributed by atoms with Crippen molar-refractivity contribution in [2.24, 2.45) is 0 Å². The fourth-order valence-electron chi connectivity index (χ4n) is 2.87. The van der Waals surface area contributed by atoms with E-state index in [1.54, 1.807) is 11.3 Å². The van der Waals surface area contributed by atoms with Gasteiger partial charge in [0.15, 0.2) is 5.13 Å². The summed E-state index contributed by atoms with van der Waals surface area (Å²) in [5, 5.41) is 10.8. The molecule has 1 aromatic heterocycles. The van der Waals surface area contributed by atoms with E-state index < -0.39 is 18.8 Å². The topological polar surface area (TPSA) is 39.6 Å². The van der Waals surface area contributed by atoms with E-state index in [2.05, 4.69) is 4.98 Å². The lowest BCUT2D eigenvalue weighted by atomic mass is 10.0. The van der Waals surface area contributed by atoms with Gasteiger partial charge in [0.25, 0.3) is 0 Å². The van der Waals surface area contributed by atoms with Crippen molar-refractivity contribution in [2.75, 3.05) is 37.6 Å². The van der Waals surface area contributed by atoms with Crippen LogP contribution in [0.1, 0.15) is 29.5 Å². The summed E-state index contributed by atoms with van der Waals surface area (Å²) in [4.78, 5) is 9.09. The Hall–Kier alpha value is -0.860. The van der Waals surface area contributed by atoms with Crippen LogP contribution in [0.15, 0.2) is 0 Å². The number of hydrogen-bond acceptors (Lipinski definition) is 5. The molecule has 1 unspecified atom stereocenters. The molecule has 4 nitrogen and oxygen atoms in total. The number of fused-ring (bicyclic) bond motifs is 1. The normalized spacial score (nSPS) is 24.2. The third kappa shape index (κ3) is 3.49. The van der Waals surface area contributed by atoms with Crippen LogP contribution in [-0.2, 0) is 6.42 Å². The third-order valence-corrected chi connectivity index (χ3v) is 5.15. The maximum absolute atomic E-state index is 12.4. The van der Waals surface area contributed by atoms with Gasteiger partial charge in [0, 0.05) is 31.1 Å². The van der Waals surface area contributed by atoms with Crippen LogP contribution in [0.4, 0.5) is 18.3 Å². The van der Waals surface area contributed by atoms with Gasteiger partial charge in [0.05, 0.1) is 18.3 Å². The molecule has 1 aliphatic heterocycles. The maximum atomic E-state index is 12.4. The molecule has 8 heteroatoms. The summed E-state index contributed by atoms with van der Waals surface area (Å²) in [5.74, 6) is 0. The summed E-state index contributed by atoms with van der Waals surface area (Å²) in [7, 11) is 0. The first kappa shape index (κ1) is 15.1. The van der Waals surface area contributed by atoms with E-state index in [4.69, 9.17) is 0 Å². The van der Waals surface area contributed by atoms with Gasteiger partial charge < -0.3 is 10.0 Å². The molecule has 0 radical (unpaired) electrons. The van der Waals surface area contributed by atoms with Crippen LogP contribution >= 0.6 is 11.3 Å². The summed E-state index contributed by atoms with van der Waals surface area (Å²) < 4.78 is 37.1. The molecule has 1 aliphatic carbocycles. The minimum absolute atomic E-state index is 0.395. The number of aromatic nitrogens is 1. The molecule has 118 valence electrons. The maximum Gasteiger partial charge on any atom is 0.401 e. The molecule has 0 aromatic carbocycles. The van der Waals surface area contributed by atoms with Crippen LogP contribution < -0.4 is 4.90 Å². The van der Waals surface area contributed by atoms with Gasteiger partial charge in [-0.2, -0.15) is 13.2 Å². The van der Waals surface area contributed by atoms with Gasteiger partial charge in [0.1, 0.15) is 0 Å². The number of piperazine rings is 1. The number of alkyl halides is 3. The van der Waals surface area contributed by atoms with Gasteiger partial charge in [-0.15, -0.1) is 11.3 Å². The van der Waals surface area contributed by atoms with Gasteiger partial charge in [-0.05, 0) is 19.3 Å². The van der Waals surface area contributed by atoms with Crippen molar-refractivity contribution in [3.63, 3.8) is 0 Å². The van der Waals surface area contributed by atoms with E-state index in [0.29, 0.717) is 26.2 Å². The highest BCUT2D eigenvalue weighted by Crippen LogP contribution is 2.36. The van der Waals surface area contributed by atoms with E-state index in [-0.39, 0.29) is 0 Å². The van der Waals surface area contributed by atoms with Gasteiger partial charge in [0.2, 0.25) is 0 Å². The molecule has 3 rings (SSSR count). The highest BCUT2D eigenvalue weighted by molar-refractivity contribution is 7.15. The van der Waals surface area contributed by atoms with Crippen molar-refractivity contribution >= 4 is 16.5 Å². The zero-order valence-electron chi connectivity index (χ0n) is 11.6. The van der Waals surface area contributed by atoms with Gasteiger partial charge in [-0.1, -0.05) is 0 Å². The molecule has 2 aliphatic rings. The molecule has 0 bridgehead atoms. The lowest BCUT2D eigenvalue weighted by molar-refractivity contribution is -0.146. The van der Waals surface area contributed by atoms with Crippen molar-refractivity contribution in [3.8, 4) is 0 Å². The number of aliphatic hydroxyl groups excluding tert-OH is 1. The molecular weight excluding hydrogens is 303 g/mol. The molecule has 2 heterocycles. The molecule has 1 N–H and O–H groups in total. The number of aliphatic hydroxyl groups is 1. The molecule has 21 heavy (non-hydrogen) atoms. The average molecular weight is 321 g/mol. The standard InChI is InChI=1S/C13H18F3N3OS/c14-13(15,16)8-18-4-6-19(7-5-18)12-17-11-9(20)2-1-3-10(11)21-12/h9,20H,1-8H2.